The topological polar surface area (TPSA) is 48.1 Å². The summed E-state index contributed by atoms with van der Waals surface area (Å²) in [5.74, 6) is 0. The molecule has 0 aliphatic heterocycles. The van der Waals surface area contributed by atoms with Crippen LogP contribution in [0, 0.1) is 0 Å². The number of nitrogens with two attached hydrogens (primary N) is 1. The Hall–Kier alpha value is -1.71. The molecule has 2 atom stereocenters. The molecular weight excluding hydrogens is 224 g/mol. The molecule has 0 amide bonds. The first-order chi connectivity index (χ1) is 8.81. The third-order valence-electron chi connectivity index (χ3n) is 2.99. The zero-order valence-corrected chi connectivity index (χ0v) is 10.5. The predicted octanol–water partition coefficient (Wildman–Crippen LogP) is 2.34. The molecule has 1 aromatic heterocycles. The molecule has 0 saturated heterocycles. The zero-order chi connectivity index (χ0) is 12.8. The van der Waals surface area contributed by atoms with E-state index in [-0.39, 0.29) is 12.1 Å². The van der Waals surface area contributed by atoms with E-state index in [1.54, 1.807) is 19.5 Å². The van der Waals surface area contributed by atoms with Gasteiger partial charge in [0.15, 0.2) is 0 Å². The largest absolute Gasteiger partial charge is 0.375 e. The van der Waals surface area contributed by atoms with Crippen molar-refractivity contribution >= 4 is 0 Å². The van der Waals surface area contributed by atoms with E-state index in [1.165, 1.54) is 5.56 Å². The number of methoxy groups -OCH3 is 1. The molecule has 2 aromatic rings. The molecular formula is C15H18N2O. The maximum absolute atomic E-state index is 6.25. The Kier molecular flexibility index (Phi) is 4.45. The third kappa shape index (κ3) is 3.15. The number of pyridine rings is 1. The molecule has 0 fully saturated rings. The lowest BCUT2D eigenvalue weighted by atomic mass is 9.97. The number of benzene rings is 1. The minimum Gasteiger partial charge on any atom is -0.375 e. The van der Waals surface area contributed by atoms with E-state index in [2.05, 4.69) is 4.98 Å². The minimum absolute atomic E-state index is 0.0696. The molecule has 1 heterocycles. The highest BCUT2D eigenvalue weighted by molar-refractivity contribution is 5.21. The summed E-state index contributed by atoms with van der Waals surface area (Å²) in [5, 5.41) is 0. The van der Waals surface area contributed by atoms with Gasteiger partial charge in [0.1, 0.15) is 0 Å². The van der Waals surface area contributed by atoms with Gasteiger partial charge in [-0.2, -0.15) is 0 Å². The summed E-state index contributed by atoms with van der Waals surface area (Å²) < 4.78 is 5.53. The van der Waals surface area contributed by atoms with E-state index >= 15 is 0 Å². The van der Waals surface area contributed by atoms with Gasteiger partial charge in [-0.3, -0.25) is 4.98 Å². The molecule has 2 unspecified atom stereocenters. The number of nitrogens with zero attached hydrogens (tertiary/aromatic N) is 1. The monoisotopic (exact) mass is 242 g/mol. The van der Waals surface area contributed by atoms with Gasteiger partial charge in [-0.05, 0) is 29.7 Å². The molecule has 0 aliphatic rings. The van der Waals surface area contributed by atoms with E-state index in [0.717, 1.165) is 12.0 Å². The molecule has 0 bridgehead atoms. The van der Waals surface area contributed by atoms with E-state index in [9.17, 15) is 0 Å². The van der Waals surface area contributed by atoms with Crippen molar-refractivity contribution in [1.29, 1.82) is 0 Å². The highest BCUT2D eigenvalue weighted by Gasteiger charge is 2.19. The molecule has 0 saturated carbocycles. The maximum Gasteiger partial charge on any atom is 0.0975 e. The summed E-state index contributed by atoms with van der Waals surface area (Å²) in [7, 11) is 1.70. The molecule has 2 N–H and O–H groups in total. The van der Waals surface area contributed by atoms with Gasteiger partial charge in [-0.15, -0.1) is 0 Å². The van der Waals surface area contributed by atoms with Crippen LogP contribution in [-0.4, -0.2) is 18.1 Å². The van der Waals surface area contributed by atoms with Crippen LogP contribution in [0.2, 0.25) is 0 Å². The summed E-state index contributed by atoms with van der Waals surface area (Å²) >= 11 is 0. The van der Waals surface area contributed by atoms with Crippen molar-refractivity contribution in [1.82, 2.24) is 4.98 Å². The molecule has 0 spiro atoms. The fourth-order valence-electron chi connectivity index (χ4n) is 2.10. The van der Waals surface area contributed by atoms with Crippen LogP contribution >= 0.6 is 0 Å². The first-order valence-corrected chi connectivity index (χ1v) is 6.03. The van der Waals surface area contributed by atoms with Gasteiger partial charge in [0, 0.05) is 25.5 Å². The molecule has 2 rings (SSSR count). The van der Waals surface area contributed by atoms with Crippen LogP contribution < -0.4 is 5.73 Å². The Bertz CT molecular complexity index is 458. The average Bonchev–Trinajstić information content (AvgIpc) is 2.42. The van der Waals surface area contributed by atoms with Crippen LogP contribution in [0.25, 0.3) is 0 Å². The summed E-state index contributed by atoms with van der Waals surface area (Å²) in [4.78, 5) is 4.00. The Morgan fingerprint density at radius 1 is 1.11 bits per heavy atom. The zero-order valence-electron chi connectivity index (χ0n) is 10.5. The molecule has 18 heavy (non-hydrogen) atoms. The van der Waals surface area contributed by atoms with Crippen molar-refractivity contribution in [3.63, 3.8) is 0 Å². The molecule has 0 radical (unpaired) electrons. The van der Waals surface area contributed by atoms with Gasteiger partial charge in [0.25, 0.3) is 0 Å². The highest BCUT2D eigenvalue weighted by atomic mass is 16.5. The Labute approximate surface area is 108 Å². The van der Waals surface area contributed by atoms with Gasteiger partial charge in [0.2, 0.25) is 0 Å². The lowest BCUT2D eigenvalue weighted by molar-refractivity contribution is 0.0802. The van der Waals surface area contributed by atoms with E-state index in [1.807, 2.05) is 42.5 Å². The predicted molar refractivity (Wildman–Crippen MR) is 72.1 cm³/mol. The van der Waals surface area contributed by atoms with E-state index in [0.29, 0.717) is 0 Å². The third-order valence-corrected chi connectivity index (χ3v) is 2.99. The first-order valence-electron chi connectivity index (χ1n) is 6.03. The van der Waals surface area contributed by atoms with Gasteiger partial charge < -0.3 is 10.5 Å². The van der Waals surface area contributed by atoms with Gasteiger partial charge in [-0.1, -0.05) is 30.3 Å². The summed E-state index contributed by atoms with van der Waals surface area (Å²) in [6, 6.07) is 14.0. The van der Waals surface area contributed by atoms with Crippen LogP contribution in [0.3, 0.4) is 0 Å². The van der Waals surface area contributed by atoms with Crippen LogP contribution in [0.1, 0.15) is 17.2 Å². The molecule has 3 heteroatoms. The van der Waals surface area contributed by atoms with Crippen molar-refractivity contribution in [2.24, 2.45) is 5.73 Å². The first kappa shape index (κ1) is 12.7. The van der Waals surface area contributed by atoms with Crippen LogP contribution in [0.15, 0.2) is 54.9 Å². The normalized spacial score (nSPS) is 14.1. The summed E-state index contributed by atoms with van der Waals surface area (Å²) in [5.41, 5.74) is 8.54. The van der Waals surface area contributed by atoms with Crippen molar-refractivity contribution in [2.75, 3.05) is 7.11 Å². The SMILES string of the molecule is COC(c1ccccc1)C(N)Cc1ccncc1. The van der Waals surface area contributed by atoms with E-state index in [4.69, 9.17) is 10.5 Å². The Balaban J connectivity index is 2.09. The van der Waals surface area contributed by atoms with Crippen LogP contribution in [0.5, 0.6) is 0 Å². The molecule has 3 nitrogen and oxygen atoms in total. The van der Waals surface area contributed by atoms with Gasteiger partial charge in [0.05, 0.1) is 6.10 Å². The number of hydrogen-bond donors (Lipinski definition) is 1. The number of hydrogen-bond acceptors (Lipinski definition) is 3. The van der Waals surface area contributed by atoms with Crippen molar-refractivity contribution in [2.45, 2.75) is 18.6 Å². The van der Waals surface area contributed by atoms with Crippen molar-refractivity contribution < 1.29 is 4.74 Å². The fraction of sp³-hybridized carbons (Fsp3) is 0.267. The number of rotatable bonds is 5. The molecule has 1 aromatic carbocycles. The second kappa shape index (κ2) is 6.28. The number of aromatic nitrogens is 1. The van der Waals surface area contributed by atoms with E-state index < -0.39 is 0 Å². The Morgan fingerprint density at radius 3 is 2.39 bits per heavy atom. The van der Waals surface area contributed by atoms with Crippen LogP contribution in [-0.2, 0) is 11.2 Å². The summed E-state index contributed by atoms with van der Waals surface area (Å²) in [6.07, 6.45) is 4.26. The highest BCUT2D eigenvalue weighted by Crippen LogP contribution is 2.21. The van der Waals surface area contributed by atoms with Gasteiger partial charge in [-0.25, -0.2) is 0 Å². The smallest absolute Gasteiger partial charge is 0.0975 e. The average molecular weight is 242 g/mol. The summed E-state index contributed by atoms with van der Waals surface area (Å²) in [6.45, 7) is 0. The van der Waals surface area contributed by atoms with Crippen molar-refractivity contribution in [3.05, 3.63) is 66.0 Å². The minimum atomic E-state index is -0.0839. The lowest BCUT2D eigenvalue weighted by Crippen LogP contribution is -2.31. The molecule has 94 valence electrons. The quantitative estimate of drug-likeness (QED) is 0.875. The van der Waals surface area contributed by atoms with Crippen LogP contribution in [0.4, 0.5) is 0 Å². The lowest BCUT2D eigenvalue weighted by Gasteiger charge is -2.23. The number of ether oxygens (including phenoxy) is 1. The molecule has 0 aliphatic carbocycles. The second-order valence-corrected chi connectivity index (χ2v) is 4.29. The second-order valence-electron chi connectivity index (χ2n) is 4.29. The standard InChI is InChI=1S/C15H18N2O/c1-18-15(13-5-3-2-4-6-13)14(16)11-12-7-9-17-10-8-12/h2-10,14-15H,11,16H2,1H3. The Morgan fingerprint density at radius 2 is 1.78 bits per heavy atom. The van der Waals surface area contributed by atoms with Gasteiger partial charge >= 0.3 is 0 Å². The fourth-order valence-corrected chi connectivity index (χ4v) is 2.10. The van der Waals surface area contributed by atoms with Crippen molar-refractivity contribution in [3.8, 4) is 0 Å². The maximum atomic E-state index is 6.25.